The van der Waals surface area contributed by atoms with Gasteiger partial charge in [-0.2, -0.15) is 12.6 Å². The molecule has 0 aromatic carbocycles. The Bertz CT molecular complexity index is 63.9. The highest BCUT2D eigenvalue weighted by molar-refractivity contribution is 7.80. The van der Waals surface area contributed by atoms with Crippen LogP contribution in [0.5, 0.6) is 0 Å². The average molecular weight is 148 g/mol. The molecule has 0 bridgehead atoms. The number of hydrogen-bond acceptors (Lipinski definition) is 2. The Hall–Kier alpha value is 0.310. The molecular weight excluding hydrogens is 132 g/mol. The molecule has 0 saturated heterocycles. The smallest absolute Gasteiger partial charge is 0.0550 e. The molecular formula is C7H16OS. The first-order chi connectivity index (χ1) is 4.16. The van der Waals surface area contributed by atoms with Gasteiger partial charge in [0.15, 0.2) is 0 Å². The Morgan fingerprint density at radius 2 is 2.11 bits per heavy atom. The topological polar surface area (TPSA) is 20.2 Å². The molecule has 0 aliphatic rings. The summed E-state index contributed by atoms with van der Waals surface area (Å²) in [7, 11) is 0. The zero-order valence-electron chi connectivity index (χ0n) is 6.17. The summed E-state index contributed by atoms with van der Waals surface area (Å²) in [6.07, 6.45) is 2.64. The monoisotopic (exact) mass is 148 g/mol. The van der Waals surface area contributed by atoms with Gasteiger partial charge in [0, 0.05) is 5.25 Å². The van der Waals surface area contributed by atoms with Crippen molar-refractivity contribution in [3.05, 3.63) is 0 Å². The molecule has 2 atom stereocenters. The minimum Gasteiger partial charge on any atom is -0.393 e. The molecule has 9 heavy (non-hydrogen) atoms. The first-order valence-corrected chi connectivity index (χ1v) is 4.04. The minimum absolute atomic E-state index is 0.137. The lowest BCUT2D eigenvalue weighted by atomic mass is 10.1. The van der Waals surface area contributed by atoms with Gasteiger partial charge in [-0.05, 0) is 12.8 Å². The Kier molecular flexibility index (Phi) is 5.30. The van der Waals surface area contributed by atoms with Crippen LogP contribution in [-0.2, 0) is 0 Å². The van der Waals surface area contributed by atoms with Crippen molar-refractivity contribution in [3.63, 3.8) is 0 Å². The largest absolute Gasteiger partial charge is 0.393 e. The van der Waals surface area contributed by atoms with E-state index in [0.717, 1.165) is 19.3 Å². The molecule has 0 heterocycles. The van der Waals surface area contributed by atoms with Crippen molar-refractivity contribution < 1.29 is 5.11 Å². The molecule has 0 aromatic heterocycles. The van der Waals surface area contributed by atoms with Crippen LogP contribution in [0.3, 0.4) is 0 Å². The molecule has 0 fully saturated rings. The zero-order valence-corrected chi connectivity index (χ0v) is 7.06. The van der Waals surface area contributed by atoms with Gasteiger partial charge in [-0.15, -0.1) is 0 Å². The van der Waals surface area contributed by atoms with E-state index < -0.39 is 0 Å². The van der Waals surface area contributed by atoms with E-state index in [1.807, 2.05) is 6.92 Å². The van der Waals surface area contributed by atoms with Crippen LogP contribution in [0.4, 0.5) is 0 Å². The Morgan fingerprint density at radius 1 is 1.56 bits per heavy atom. The van der Waals surface area contributed by atoms with Gasteiger partial charge in [0.05, 0.1) is 6.10 Å². The van der Waals surface area contributed by atoms with Crippen LogP contribution in [0, 0.1) is 0 Å². The highest BCUT2D eigenvalue weighted by atomic mass is 32.1. The fourth-order valence-electron chi connectivity index (χ4n) is 0.845. The molecule has 0 amide bonds. The van der Waals surface area contributed by atoms with Crippen molar-refractivity contribution in [2.24, 2.45) is 0 Å². The second kappa shape index (κ2) is 5.12. The van der Waals surface area contributed by atoms with Crippen LogP contribution in [0.1, 0.15) is 33.1 Å². The number of aliphatic hydroxyl groups excluding tert-OH is 1. The molecule has 0 aliphatic carbocycles. The normalized spacial score (nSPS) is 17.3. The Morgan fingerprint density at radius 3 is 2.44 bits per heavy atom. The predicted molar refractivity (Wildman–Crippen MR) is 44.0 cm³/mol. The van der Waals surface area contributed by atoms with Crippen molar-refractivity contribution >= 4 is 12.6 Å². The summed E-state index contributed by atoms with van der Waals surface area (Å²) in [5.74, 6) is 0. The van der Waals surface area contributed by atoms with Gasteiger partial charge in [-0.1, -0.05) is 20.3 Å². The van der Waals surface area contributed by atoms with Crippen LogP contribution in [0.15, 0.2) is 0 Å². The molecule has 0 aliphatic heterocycles. The maximum Gasteiger partial charge on any atom is 0.0550 e. The molecule has 0 aromatic rings. The SMILES string of the molecule is CCC[C@H](O)C[C@@H](C)S. The second-order valence-corrected chi connectivity index (χ2v) is 3.41. The Labute approximate surface area is 62.9 Å². The summed E-state index contributed by atoms with van der Waals surface area (Å²) in [5.41, 5.74) is 0. The van der Waals surface area contributed by atoms with E-state index in [4.69, 9.17) is 0 Å². The highest BCUT2D eigenvalue weighted by Gasteiger charge is 2.04. The van der Waals surface area contributed by atoms with E-state index in [1.165, 1.54) is 0 Å². The molecule has 2 heteroatoms. The average Bonchev–Trinajstić information content (AvgIpc) is 1.63. The van der Waals surface area contributed by atoms with Crippen molar-refractivity contribution in [2.75, 3.05) is 0 Å². The van der Waals surface area contributed by atoms with Crippen LogP contribution >= 0.6 is 12.6 Å². The number of hydrogen-bond donors (Lipinski definition) is 2. The van der Waals surface area contributed by atoms with Crippen molar-refractivity contribution in [1.82, 2.24) is 0 Å². The van der Waals surface area contributed by atoms with Crippen LogP contribution < -0.4 is 0 Å². The van der Waals surface area contributed by atoms with Crippen LogP contribution in [-0.4, -0.2) is 16.5 Å². The first-order valence-electron chi connectivity index (χ1n) is 3.53. The maximum atomic E-state index is 9.17. The van der Waals surface area contributed by atoms with E-state index in [9.17, 15) is 5.11 Å². The molecule has 0 unspecified atom stereocenters. The molecule has 1 N–H and O–H groups in total. The lowest BCUT2D eigenvalue weighted by molar-refractivity contribution is 0.154. The van der Waals surface area contributed by atoms with Gasteiger partial charge >= 0.3 is 0 Å². The van der Waals surface area contributed by atoms with E-state index in [-0.39, 0.29) is 6.10 Å². The van der Waals surface area contributed by atoms with E-state index >= 15 is 0 Å². The second-order valence-electron chi connectivity index (χ2n) is 2.53. The fraction of sp³-hybridized carbons (Fsp3) is 1.00. The fourth-order valence-corrected chi connectivity index (χ4v) is 1.09. The zero-order chi connectivity index (χ0) is 7.28. The first kappa shape index (κ1) is 9.31. The highest BCUT2D eigenvalue weighted by Crippen LogP contribution is 2.07. The van der Waals surface area contributed by atoms with Gasteiger partial charge < -0.3 is 5.11 Å². The summed E-state index contributed by atoms with van der Waals surface area (Å²) in [5, 5.41) is 9.50. The summed E-state index contributed by atoms with van der Waals surface area (Å²) in [6.45, 7) is 4.08. The summed E-state index contributed by atoms with van der Waals surface area (Å²) in [6, 6.07) is 0. The summed E-state index contributed by atoms with van der Waals surface area (Å²) < 4.78 is 0. The standard InChI is InChI=1S/C7H16OS/c1-3-4-7(8)5-6(2)9/h6-9H,3-5H2,1-2H3/t6-,7+/m1/s1. The summed E-state index contributed by atoms with van der Waals surface area (Å²) in [4.78, 5) is 0. The number of rotatable bonds is 4. The van der Waals surface area contributed by atoms with Gasteiger partial charge in [0.2, 0.25) is 0 Å². The van der Waals surface area contributed by atoms with Gasteiger partial charge in [0.1, 0.15) is 0 Å². The van der Waals surface area contributed by atoms with Gasteiger partial charge in [-0.25, -0.2) is 0 Å². The molecule has 0 spiro atoms. The lowest BCUT2D eigenvalue weighted by Gasteiger charge is -2.09. The van der Waals surface area contributed by atoms with Crippen molar-refractivity contribution in [1.29, 1.82) is 0 Å². The van der Waals surface area contributed by atoms with Crippen molar-refractivity contribution in [3.8, 4) is 0 Å². The molecule has 0 saturated carbocycles. The van der Waals surface area contributed by atoms with Crippen LogP contribution in [0.25, 0.3) is 0 Å². The van der Waals surface area contributed by atoms with Gasteiger partial charge in [-0.3, -0.25) is 0 Å². The quantitative estimate of drug-likeness (QED) is 0.583. The number of thiol groups is 1. The third kappa shape index (κ3) is 6.19. The predicted octanol–water partition coefficient (Wildman–Crippen LogP) is 1.86. The molecule has 56 valence electrons. The molecule has 0 radical (unpaired) electrons. The van der Waals surface area contributed by atoms with Gasteiger partial charge in [0.25, 0.3) is 0 Å². The maximum absolute atomic E-state index is 9.17. The Balaban J connectivity index is 3.15. The third-order valence-corrected chi connectivity index (χ3v) is 1.45. The molecule has 1 nitrogen and oxygen atoms in total. The summed E-state index contributed by atoms with van der Waals surface area (Å²) >= 11 is 4.17. The van der Waals surface area contributed by atoms with E-state index in [0.29, 0.717) is 5.25 Å². The minimum atomic E-state index is -0.137. The van der Waals surface area contributed by atoms with E-state index in [2.05, 4.69) is 19.6 Å². The van der Waals surface area contributed by atoms with Crippen molar-refractivity contribution in [2.45, 2.75) is 44.5 Å². The number of aliphatic hydroxyl groups is 1. The van der Waals surface area contributed by atoms with Crippen LogP contribution in [0.2, 0.25) is 0 Å². The van der Waals surface area contributed by atoms with E-state index in [1.54, 1.807) is 0 Å². The lowest BCUT2D eigenvalue weighted by Crippen LogP contribution is -2.10. The molecule has 0 rings (SSSR count). The third-order valence-electron chi connectivity index (χ3n) is 1.24.